The van der Waals surface area contributed by atoms with Gasteiger partial charge < -0.3 is 14.6 Å². The number of hydrogen-bond donors (Lipinski definition) is 1. The summed E-state index contributed by atoms with van der Waals surface area (Å²) in [6.45, 7) is 5.18. The molecule has 3 aromatic rings. The molecule has 5 heterocycles. The third-order valence-corrected chi connectivity index (χ3v) is 6.66. The van der Waals surface area contributed by atoms with Gasteiger partial charge in [0.25, 0.3) is 0 Å². The second-order valence-electron chi connectivity index (χ2n) is 9.29. The topological polar surface area (TPSA) is 109 Å². The van der Waals surface area contributed by atoms with Crippen LogP contribution in [0.5, 0.6) is 0 Å². The first kappa shape index (κ1) is 22.0. The molecule has 0 spiro atoms. The quantitative estimate of drug-likeness (QED) is 0.560. The van der Waals surface area contributed by atoms with Gasteiger partial charge in [0.15, 0.2) is 5.65 Å². The number of anilines is 1. The van der Waals surface area contributed by atoms with Gasteiger partial charge in [-0.2, -0.15) is 0 Å². The van der Waals surface area contributed by atoms with Crippen LogP contribution in [0.15, 0.2) is 34.2 Å². The lowest BCUT2D eigenvalue weighted by atomic mass is 9.97. The van der Waals surface area contributed by atoms with Gasteiger partial charge >= 0.3 is 11.1 Å². The second kappa shape index (κ2) is 8.19. The Balaban J connectivity index is 1.30. The summed E-state index contributed by atoms with van der Waals surface area (Å²) in [5, 5.41) is 10.3. The monoisotopic (exact) mass is 471 g/mol. The zero-order valence-corrected chi connectivity index (χ0v) is 19.4. The molecule has 2 aliphatic rings. The summed E-state index contributed by atoms with van der Waals surface area (Å²) in [5.74, 6) is 0.652. The van der Waals surface area contributed by atoms with E-state index in [1.165, 1.54) is 15.3 Å². The van der Waals surface area contributed by atoms with E-state index in [1.54, 1.807) is 13.1 Å². The summed E-state index contributed by atoms with van der Waals surface area (Å²) >= 11 is 6.07. The highest BCUT2D eigenvalue weighted by atomic mass is 35.5. The van der Waals surface area contributed by atoms with E-state index in [-0.39, 0.29) is 6.04 Å². The number of aromatic nitrogens is 5. The standard InChI is InChI=1S/C22H26ClN7O3/c1-22(33)12-28(13-22)11-14-8-25-21(26-9-14)29-5-3-16(4-6-29)30-18-17(7-15(23)10-24-18)27(2)19(31)20(30)32/h7-10,16,33H,3-6,11-13H2,1-2H3. The Morgan fingerprint density at radius 2 is 1.76 bits per heavy atom. The second-order valence-corrected chi connectivity index (χ2v) is 9.72. The summed E-state index contributed by atoms with van der Waals surface area (Å²) in [5.41, 5.74) is 0.267. The molecule has 0 unspecified atom stereocenters. The minimum Gasteiger partial charge on any atom is -0.388 e. The number of β-amino-alcohol motifs (C(OH)–C–C–N with tert-alkyl or cyclic N) is 1. The zero-order chi connectivity index (χ0) is 23.3. The van der Waals surface area contributed by atoms with Gasteiger partial charge in [-0.1, -0.05) is 11.6 Å². The third-order valence-electron chi connectivity index (χ3n) is 6.45. The van der Waals surface area contributed by atoms with E-state index in [1.807, 2.05) is 19.3 Å². The molecule has 0 aromatic carbocycles. The van der Waals surface area contributed by atoms with Crippen molar-refractivity contribution in [1.29, 1.82) is 0 Å². The van der Waals surface area contributed by atoms with E-state index in [4.69, 9.17) is 11.6 Å². The molecule has 33 heavy (non-hydrogen) atoms. The van der Waals surface area contributed by atoms with Crippen molar-refractivity contribution < 1.29 is 5.11 Å². The maximum atomic E-state index is 12.8. The number of aliphatic hydroxyl groups is 1. The first-order valence-corrected chi connectivity index (χ1v) is 11.4. The molecule has 5 rings (SSSR count). The van der Waals surface area contributed by atoms with E-state index in [0.717, 1.165) is 5.56 Å². The van der Waals surface area contributed by atoms with E-state index in [9.17, 15) is 14.7 Å². The molecule has 0 saturated carbocycles. The molecule has 2 saturated heterocycles. The average molecular weight is 472 g/mol. The number of halogens is 1. The fraction of sp³-hybridized carbons (Fsp3) is 0.500. The van der Waals surface area contributed by atoms with Gasteiger partial charge in [-0.3, -0.25) is 19.1 Å². The third kappa shape index (κ3) is 4.14. The minimum absolute atomic E-state index is 0.141. The molecule has 11 heteroatoms. The average Bonchev–Trinajstić information content (AvgIpc) is 2.78. The van der Waals surface area contributed by atoms with Gasteiger partial charge in [-0.05, 0) is 25.8 Å². The van der Waals surface area contributed by atoms with Gasteiger partial charge in [-0.15, -0.1) is 0 Å². The van der Waals surface area contributed by atoms with Crippen LogP contribution in [0.2, 0.25) is 5.02 Å². The number of pyridine rings is 1. The van der Waals surface area contributed by atoms with Crippen LogP contribution in [0, 0.1) is 0 Å². The van der Waals surface area contributed by atoms with Crippen LogP contribution >= 0.6 is 11.6 Å². The lowest BCUT2D eigenvalue weighted by Crippen LogP contribution is -2.59. The molecular weight excluding hydrogens is 446 g/mol. The predicted molar refractivity (Wildman–Crippen MR) is 125 cm³/mol. The lowest BCUT2D eigenvalue weighted by molar-refractivity contribution is -0.0871. The number of nitrogens with zero attached hydrogens (tertiary/aromatic N) is 7. The number of hydrogen-bond acceptors (Lipinski definition) is 8. The van der Waals surface area contributed by atoms with Crippen LogP contribution in [-0.4, -0.2) is 65.9 Å². The Morgan fingerprint density at radius 3 is 2.39 bits per heavy atom. The van der Waals surface area contributed by atoms with Gasteiger partial charge in [0.1, 0.15) is 0 Å². The molecule has 0 bridgehead atoms. The Labute approximate surface area is 195 Å². The molecular formula is C22H26ClN7O3. The molecule has 10 nitrogen and oxygen atoms in total. The van der Waals surface area contributed by atoms with E-state index < -0.39 is 16.7 Å². The zero-order valence-electron chi connectivity index (χ0n) is 18.6. The number of piperidine rings is 1. The van der Waals surface area contributed by atoms with Crippen LogP contribution in [-0.2, 0) is 13.6 Å². The molecule has 2 aliphatic heterocycles. The highest BCUT2D eigenvalue weighted by Gasteiger charge is 2.36. The van der Waals surface area contributed by atoms with E-state index in [2.05, 4.69) is 24.8 Å². The summed E-state index contributed by atoms with van der Waals surface area (Å²) in [7, 11) is 1.56. The minimum atomic E-state index is -0.594. The molecule has 0 radical (unpaired) electrons. The Kier molecular flexibility index (Phi) is 5.46. The lowest BCUT2D eigenvalue weighted by Gasteiger charge is -2.44. The van der Waals surface area contributed by atoms with Crippen molar-refractivity contribution in [2.24, 2.45) is 7.05 Å². The number of fused-ring (bicyclic) bond motifs is 1. The highest BCUT2D eigenvalue weighted by Crippen LogP contribution is 2.27. The molecule has 0 aliphatic carbocycles. The van der Waals surface area contributed by atoms with Crippen molar-refractivity contribution in [1.82, 2.24) is 29.0 Å². The predicted octanol–water partition coefficient (Wildman–Crippen LogP) is 0.947. The molecule has 0 amide bonds. The highest BCUT2D eigenvalue weighted by molar-refractivity contribution is 6.31. The summed E-state index contributed by atoms with van der Waals surface area (Å²) in [6.07, 6.45) is 6.49. The van der Waals surface area contributed by atoms with Crippen molar-refractivity contribution in [3.05, 3.63) is 56.0 Å². The smallest absolute Gasteiger partial charge is 0.318 e. The molecule has 1 N–H and O–H groups in total. The van der Waals surface area contributed by atoms with Crippen molar-refractivity contribution in [2.75, 3.05) is 31.1 Å². The molecule has 0 atom stereocenters. The summed E-state index contributed by atoms with van der Waals surface area (Å²) in [4.78, 5) is 43.0. The summed E-state index contributed by atoms with van der Waals surface area (Å²) < 4.78 is 2.83. The van der Waals surface area contributed by atoms with E-state index in [0.29, 0.717) is 67.7 Å². The van der Waals surface area contributed by atoms with Crippen LogP contribution in [0.1, 0.15) is 31.4 Å². The SMILES string of the molecule is Cn1c(=O)c(=O)n(C2CCN(c3ncc(CN4CC(C)(O)C4)cn3)CC2)c2ncc(Cl)cc21. The first-order chi connectivity index (χ1) is 15.7. The van der Waals surface area contributed by atoms with Crippen molar-refractivity contribution in [3.8, 4) is 0 Å². The molecule has 2 fully saturated rings. The Hall–Kier alpha value is -2.82. The van der Waals surface area contributed by atoms with Crippen molar-refractivity contribution in [3.63, 3.8) is 0 Å². The Morgan fingerprint density at radius 1 is 1.09 bits per heavy atom. The maximum Gasteiger partial charge on any atom is 0.318 e. The fourth-order valence-electron chi connectivity index (χ4n) is 4.85. The first-order valence-electron chi connectivity index (χ1n) is 11.0. The number of aryl methyl sites for hydroxylation is 1. The van der Waals surface area contributed by atoms with Gasteiger partial charge in [0.2, 0.25) is 5.95 Å². The normalized spacial score (nSPS) is 19.1. The number of rotatable bonds is 4. The Bertz CT molecular complexity index is 1300. The largest absolute Gasteiger partial charge is 0.388 e. The van der Waals surface area contributed by atoms with Crippen molar-refractivity contribution >= 4 is 28.7 Å². The molecule has 3 aromatic heterocycles. The van der Waals surface area contributed by atoms with Crippen LogP contribution in [0.25, 0.3) is 11.2 Å². The van der Waals surface area contributed by atoms with Crippen LogP contribution in [0.4, 0.5) is 5.95 Å². The van der Waals surface area contributed by atoms with Gasteiger partial charge in [0.05, 0.1) is 16.1 Å². The fourth-order valence-corrected chi connectivity index (χ4v) is 5.00. The van der Waals surface area contributed by atoms with Crippen molar-refractivity contribution in [2.45, 2.75) is 38.0 Å². The van der Waals surface area contributed by atoms with Crippen LogP contribution in [0.3, 0.4) is 0 Å². The van der Waals surface area contributed by atoms with Crippen LogP contribution < -0.4 is 16.0 Å². The maximum absolute atomic E-state index is 12.8. The van der Waals surface area contributed by atoms with E-state index >= 15 is 0 Å². The number of likely N-dealkylation sites (tertiary alicyclic amines) is 1. The summed E-state index contributed by atoms with van der Waals surface area (Å²) in [6, 6.07) is 1.52. The van der Waals surface area contributed by atoms with Gasteiger partial charge in [-0.25, -0.2) is 15.0 Å². The van der Waals surface area contributed by atoms with Gasteiger partial charge in [0, 0.05) is 70.0 Å². The molecule has 174 valence electrons.